The van der Waals surface area contributed by atoms with Crippen molar-refractivity contribution in [1.29, 1.82) is 0 Å². The van der Waals surface area contributed by atoms with Crippen LogP contribution in [-0.2, 0) is 11.2 Å². The summed E-state index contributed by atoms with van der Waals surface area (Å²) in [6.07, 6.45) is 4.72. The average molecular weight is 335 g/mol. The molecule has 1 aromatic heterocycles. The number of carbonyl (C=O) groups excluding carboxylic acids is 1. The van der Waals surface area contributed by atoms with E-state index in [2.05, 4.69) is 20.5 Å². The van der Waals surface area contributed by atoms with Gasteiger partial charge < -0.3 is 0 Å². The predicted octanol–water partition coefficient (Wildman–Crippen LogP) is 2.23. The summed E-state index contributed by atoms with van der Waals surface area (Å²) < 4.78 is 0. The highest BCUT2D eigenvalue weighted by Gasteiger charge is 2.08. The van der Waals surface area contributed by atoms with Gasteiger partial charge in [-0.05, 0) is 23.3 Å². The van der Waals surface area contributed by atoms with E-state index in [4.69, 9.17) is 0 Å². The third kappa shape index (κ3) is 4.20. The summed E-state index contributed by atoms with van der Waals surface area (Å²) in [6.45, 7) is 0. The number of rotatable bonds is 5. The minimum Gasteiger partial charge on any atom is -0.273 e. The molecular weight excluding hydrogens is 322 g/mol. The molecule has 124 valence electrons. The number of non-ortho nitro benzene ring substituents is 1. The molecule has 0 fully saturated rings. The highest BCUT2D eigenvalue weighted by atomic mass is 16.6. The summed E-state index contributed by atoms with van der Waals surface area (Å²) in [5.41, 5.74) is 5.17. The maximum Gasteiger partial charge on any atom is 0.269 e. The number of carbonyl (C=O) groups is 1. The number of hydrazone groups is 1. The van der Waals surface area contributed by atoms with Crippen molar-refractivity contribution in [3.63, 3.8) is 0 Å². The van der Waals surface area contributed by atoms with Crippen LogP contribution in [0.4, 0.5) is 5.69 Å². The topological polar surface area (TPSA) is 110 Å². The van der Waals surface area contributed by atoms with Crippen LogP contribution in [0.3, 0.4) is 0 Å². The number of amides is 1. The monoisotopic (exact) mass is 335 g/mol. The molecule has 0 aliphatic heterocycles. The molecule has 1 N–H and O–H groups in total. The fraction of sp³-hybridized carbons (Fsp3) is 0.0588. The molecule has 8 nitrogen and oxygen atoms in total. The molecule has 0 saturated carbocycles. The van der Waals surface area contributed by atoms with E-state index in [0.717, 1.165) is 16.6 Å². The molecule has 0 bridgehead atoms. The Morgan fingerprint density at radius 1 is 1.16 bits per heavy atom. The van der Waals surface area contributed by atoms with E-state index in [-0.39, 0.29) is 18.0 Å². The van der Waals surface area contributed by atoms with Crippen molar-refractivity contribution in [1.82, 2.24) is 15.4 Å². The Bertz CT molecular complexity index is 971. The first-order valence-electron chi connectivity index (χ1n) is 7.38. The summed E-state index contributed by atoms with van der Waals surface area (Å²) in [4.78, 5) is 30.5. The molecule has 0 atom stereocenters. The molecule has 3 rings (SSSR count). The molecule has 1 amide bonds. The van der Waals surface area contributed by atoms with Crippen LogP contribution in [0.5, 0.6) is 0 Å². The molecule has 1 heterocycles. The lowest BCUT2D eigenvalue weighted by atomic mass is 10.1. The van der Waals surface area contributed by atoms with Gasteiger partial charge in [-0.2, -0.15) is 5.10 Å². The normalized spacial score (nSPS) is 10.9. The summed E-state index contributed by atoms with van der Waals surface area (Å²) in [5.74, 6) is -0.364. The molecule has 0 radical (unpaired) electrons. The Morgan fingerprint density at radius 3 is 2.76 bits per heavy atom. The van der Waals surface area contributed by atoms with Crippen molar-refractivity contribution in [2.45, 2.75) is 6.42 Å². The number of fused-ring (bicyclic) bond motifs is 1. The summed E-state index contributed by atoms with van der Waals surface area (Å²) in [6, 6.07) is 11.4. The number of nitrogens with one attached hydrogen (secondary N) is 1. The smallest absolute Gasteiger partial charge is 0.269 e. The standard InChI is InChI=1S/C17H13N5O3/c23-17(10-12-2-1-3-14(8-12)22(24)25)21-20-11-13-4-5-15-16(9-13)19-7-6-18-15/h1-9,11H,10H2,(H,21,23). The van der Waals surface area contributed by atoms with E-state index in [1.54, 1.807) is 30.6 Å². The Balaban J connectivity index is 1.62. The van der Waals surface area contributed by atoms with Crippen molar-refractivity contribution in [3.05, 3.63) is 76.1 Å². The van der Waals surface area contributed by atoms with E-state index in [1.165, 1.54) is 18.3 Å². The SMILES string of the molecule is O=C(Cc1cccc([N+](=O)[O-])c1)NN=Cc1ccc2nccnc2c1. The first-order chi connectivity index (χ1) is 12.1. The maximum atomic E-state index is 11.9. The van der Waals surface area contributed by atoms with E-state index >= 15 is 0 Å². The number of hydrogen-bond acceptors (Lipinski definition) is 6. The van der Waals surface area contributed by atoms with Crippen LogP contribution in [0, 0.1) is 10.1 Å². The number of nitro benzene ring substituents is 1. The highest BCUT2D eigenvalue weighted by Crippen LogP contribution is 2.13. The van der Waals surface area contributed by atoms with E-state index in [0.29, 0.717) is 5.56 Å². The summed E-state index contributed by atoms with van der Waals surface area (Å²) in [5, 5.41) is 14.6. The van der Waals surface area contributed by atoms with Gasteiger partial charge in [0, 0.05) is 24.5 Å². The maximum absolute atomic E-state index is 11.9. The van der Waals surface area contributed by atoms with Crippen LogP contribution < -0.4 is 5.43 Å². The lowest BCUT2D eigenvalue weighted by Crippen LogP contribution is -2.19. The Hall–Kier alpha value is -3.68. The van der Waals surface area contributed by atoms with Crippen LogP contribution in [0.1, 0.15) is 11.1 Å². The predicted molar refractivity (Wildman–Crippen MR) is 92.1 cm³/mol. The zero-order chi connectivity index (χ0) is 17.6. The average Bonchev–Trinajstić information content (AvgIpc) is 2.62. The van der Waals surface area contributed by atoms with Crippen molar-refractivity contribution in [3.8, 4) is 0 Å². The second-order valence-electron chi connectivity index (χ2n) is 5.20. The van der Waals surface area contributed by atoms with Crippen LogP contribution in [0.15, 0.2) is 60.0 Å². The number of hydrogen-bond donors (Lipinski definition) is 1. The van der Waals surface area contributed by atoms with Gasteiger partial charge in [0.05, 0.1) is 28.6 Å². The molecule has 8 heteroatoms. The fourth-order valence-electron chi connectivity index (χ4n) is 2.24. The quantitative estimate of drug-likeness (QED) is 0.437. The number of benzene rings is 2. The number of nitro groups is 1. The zero-order valence-electron chi connectivity index (χ0n) is 13.0. The first kappa shape index (κ1) is 16.2. The van der Waals surface area contributed by atoms with Gasteiger partial charge in [-0.1, -0.05) is 18.2 Å². The molecule has 2 aromatic carbocycles. The Kier molecular flexibility index (Phi) is 4.70. The highest BCUT2D eigenvalue weighted by molar-refractivity contribution is 5.87. The van der Waals surface area contributed by atoms with Crippen molar-refractivity contribution < 1.29 is 9.72 Å². The molecule has 3 aromatic rings. The molecular formula is C17H13N5O3. The van der Waals surface area contributed by atoms with Crippen molar-refractivity contribution >= 4 is 28.8 Å². The second-order valence-corrected chi connectivity index (χ2v) is 5.20. The lowest BCUT2D eigenvalue weighted by Gasteiger charge is -2.01. The number of aromatic nitrogens is 2. The summed E-state index contributed by atoms with van der Waals surface area (Å²) in [7, 11) is 0. The van der Waals surface area contributed by atoms with Gasteiger partial charge in [0.15, 0.2) is 0 Å². The van der Waals surface area contributed by atoms with E-state index < -0.39 is 4.92 Å². The van der Waals surface area contributed by atoms with Gasteiger partial charge in [0.1, 0.15) is 0 Å². The van der Waals surface area contributed by atoms with E-state index in [1.807, 2.05) is 12.1 Å². The molecule has 0 aliphatic rings. The van der Waals surface area contributed by atoms with Crippen LogP contribution in [0.2, 0.25) is 0 Å². The molecule has 0 unspecified atom stereocenters. The van der Waals surface area contributed by atoms with Gasteiger partial charge >= 0.3 is 0 Å². The fourth-order valence-corrected chi connectivity index (χ4v) is 2.24. The largest absolute Gasteiger partial charge is 0.273 e. The second kappa shape index (κ2) is 7.26. The zero-order valence-corrected chi connectivity index (χ0v) is 13.0. The molecule has 25 heavy (non-hydrogen) atoms. The third-order valence-corrected chi connectivity index (χ3v) is 3.38. The van der Waals surface area contributed by atoms with Crippen LogP contribution >= 0.6 is 0 Å². The number of nitrogens with zero attached hydrogens (tertiary/aromatic N) is 4. The van der Waals surface area contributed by atoms with Crippen LogP contribution in [0.25, 0.3) is 11.0 Å². The minimum atomic E-state index is -0.498. The van der Waals surface area contributed by atoms with Gasteiger partial charge in [-0.3, -0.25) is 24.9 Å². The summed E-state index contributed by atoms with van der Waals surface area (Å²) >= 11 is 0. The van der Waals surface area contributed by atoms with Gasteiger partial charge in [0.2, 0.25) is 5.91 Å². The minimum absolute atomic E-state index is 0.00220. The lowest BCUT2D eigenvalue weighted by molar-refractivity contribution is -0.384. The third-order valence-electron chi connectivity index (χ3n) is 3.38. The molecule has 0 saturated heterocycles. The van der Waals surface area contributed by atoms with Gasteiger partial charge in [0.25, 0.3) is 5.69 Å². The van der Waals surface area contributed by atoms with Gasteiger partial charge in [-0.25, -0.2) is 5.43 Å². The molecule has 0 spiro atoms. The first-order valence-corrected chi connectivity index (χ1v) is 7.38. The van der Waals surface area contributed by atoms with Crippen molar-refractivity contribution in [2.75, 3.05) is 0 Å². The van der Waals surface area contributed by atoms with E-state index in [9.17, 15) is 14.9 Å². The van der Waals surface area contributed by atoms with Gasteiger partial charge in [-0.15, -0.1) is 0 Å². The Morgan fingerprint density at radius 2 is 1.96 bits per heavy atom. The van der Waals surface area contributed by atoms with Crippen molar-refractivity contribution in [2.24, 2.45) is 5.10 Å². The van der Waals surface area contributed by atoms with Crippen LogP contribution in [-0.4, -0.2) is 27.0 Å². The Labute approximate surface area is 142 Å². The molecule has 0 aliphatic carbocycles.